The number of benzene rings is 2. The Morgan fingerprint density at radius 1 is 1.00 bits per heavy atom. The van der Waals surface area contributed by atoms with Crippen LogP contribution in [0.15, 0.2) is 48.5 Å². The van der Waals surface area contributed by atoms with Crippen molar-refractivity contribution in [2.24, 2.45) is 0 Å². The Morgan fingerprint density at radius 2 is 1.67 bits per heavy atom. The Labute approximate surface area is 115 Å². The molecule has 4 heteroatoms. The van der Waals surface area contributed by atoms with Gasteiger partial charge in [-0.1, -0.05) is 41.4 Å². The molecule has 0 fully saturated rings. The molecule has 0 aliphatic carbocycles. The van der Waals surface area contributed by atoms with Gasteiger partial charge in [-0.3, -0.25) is 0 Å². The van der Waals surface area contributed by atoms with E-state index in [1.165, 1.54) is 0 Å². The highest BCUT2D eigenvalue weighted by Crippen LogP contribution is 2.14. The molecule has 2 aromatic rings. The van der Waals surface area contributed by atoms with Crippen molar-refractivity contribution in [1.29, 1.82) is 0 Å². The normalized spacial score (nSPS) is 10.1. The molecule has 0 spiro atoms. The number of carbonyl (C=O) groups is 1. The lowest BCUT2D eigenvalue weighted by Crippen LogP contribution is -2.05. The van der Waals surface area contributed by atoms with Crippen molar-refractivity contribution in [3.05, 3.63) is 69.7 Å². The molecule has 0 saturated heterocycles. The predicted octanol–water partition coefficient (Wildman–Crippen LogP) is 4.35. The smallest absolute Gasteiger partial charge is 0.338 e. The molecule has 2 rings (SSSR count). The van der Waals surface area contributed by atoms with E-state index in [0.717, 1.165) is 5.56 Å². The Balaban J connectivity index is 2.00. The summed E-state index contributed by atoms with van der Waals surface area (Å²) in [6, 6.07) is 13.8. The molecule has 2 aromatic carbocycles. The number of rotatable bonds is 3. The first-order valence-corrected chi connectivity index (χ1v) is 6.08. The van der Waals surface area contributed by atoms with Gasteiger partial charge in [0.1, 0.15) is 6.61 Å². The quantitative estimate of drug-likeness (QED) is 0.782. The van der Waals surface area contributed by atoms with Gasteiger partial charge in [-0.2, -0.15) is 0 Å². The van der Waals surface area contributed by atoms with E-state index < -0.39 is 5.97 Å². The van der Waals surface area contributed by atoms with Gasteiger partial charge in [-0.05, 0) is 35.9 Å². The standard InChI is InChI=1S/C14H10Cl2O2/c15-12-5-1-3-10(7-12)9-18-14(17)11-4-2-6-13(16)8-11/h1-8H,9H2. The summed E-state index contributed by atoms with van der Waals surface area (Å²) < 4.78 is 5.17. The van der Waals surface area contributed by atoms with Crippen LogP contribution in [0.4, 0.5) is 0 Å². The first kappa shape index (κ1) is 12.9. The minimum absolute atomic E-state index is 0.186. The van der Waals surface area contributed by atoms with E-state index in [-0.39, 0.29) is 6.61 Å². The molecule has 0 heterocycles. The second-order valence-electron chi connectivity index (χ2n) is 3.72. The molecule has 0 aliphatic heterocycles. The van der Waals surface area contributed by atoms with E-state index in [9.17, 15) is 4.79 Å². The van der Waals surface area contributed by atoms with Crippen molar-refractivity contribution in [1.82, 2.24) is 0 Å². The lowest BCUT2D eigenvalue weighted by molar-refractivity contribution is 0.0472. The molecule has 0 amide bonds. The van der Waals surface area contributed by atoms with Crippen molar-refractivity contribution in [3.8, 4) is 0 Å². The maximum atomic E-state index is 11.7. The van der Waals surface area contributed by atoms with Gasteiger partial charge in [-0.25, -0.2) is 4.79 Å². The maximum absolute atomic E-state index is 11.7. The zero-order valence-corrected chi connectivity index (χ0v) is 10.9. The number of hydrogen-bond acceptors (Lipinski definition) is 2. The summed E-state index contributed by atoms with van der Waals surface area (Å²) in [7, 11) is 0. The van der Waals surface area contributed by atoms with Crippen LogP contribution in [0.5, 0.6) is 0 Å². The van der Waals surface area contributed by atoms with E-state index in [2.05, 4.69) is 0 Å². The molecule has 0 unspecified atom stereocenters. The number of hydrogen-bond donors (Lipinski definition) is 0. The average molecular weight is 281 g/mol. The third-order valence-electron chi connectivity index (χ3n) is 2.32. The molecule has 0 atom stereocenters. The summed E-state index contributed by atoms with van der Waals surface area (Å²) in [4.78, 5) is 11.7. The average Bonchev–Trinajstić information content (AvgIpc) is 2.36. The Hall–Kier alpha value is -1.51. The Bertz CT molecular complexity index is 567. The van der Waals surface area contributed by atoms with E-state index in [0.29, 0.717) is 15.6 Å². The van der Waals surface area contributed by atoms with Gasteiger partial charge in [0, 0.05) is 10.0 Å². The summed E-state index contributed by atoms with van der Waals surface area (Å²) in [5, 5.41) is 1.12. The first-order valence-electron chi connectivity index (χ1n) is 5.32. The van der Waals surface area contributed by atoms with Crippen LogP contribution in [0, 0.1) is 0 Å². The topological polar surface area (TPSA) is 26.3 Å². The second-order valence-corrected chi connectivity index (χ2v) is 4.59. The monoisotopic (exact) mass is 280 g/mol. The third-order valence-corrected chi connectivity index (χ3v) is 2.79. The van der Waals surface area contributed by atoms with Crippen LogP contribution >= 0.6 is 23.2 Å². The van der Waals surface area contributed by atoms with E-state index in [4.69, 9.17) is 27.9 Å². The fourth-order valence-electron chi connectivity index (χ4n) is 1.47. The summed E-state index contributed by atoms with van der Waals surface area (Å²) in [5.74, 6) is -0.405. The van der Waals surface area contributed by atoms with Gasteiger partial charge in [0.2, 0.25) is 0 Å². The molecule has 0 saturated carbocycles. The molecular weight excluding hydrogens is 271 g/mol. The SMILES string of the molecule is O=C(OCc1cccc(Cl)c1)c1cccc(Cl)c1. The van der Waals surface area contributed by atoms with Crippen molar-refractivity contribution >= 4 is 29.2 Å². The van der Waals surface area contributed by atoms with Crippen molar-refractivity contribution in [2.45, 2.75) is 6.61 Å². The molecule has 0 bridgehead atoms. The molecular formula is C14H10Cl2O2. The van der Waals surface area contributed by atoms with Crippen LogP contribution < -0.4 is 0 Å². The lowest BCUT2D eigenvalue weighted by Gasteiger charge is -2.05. The zero-order valence-electron chi connectivity index (χ0n) is 9.40. The van der Waals surface area contributed by atoms with Gasteiger partial charge in [0.25, 0.3) is 0 Å². The molecule has 0 N–H and O–H groups in total. The van der Waals surface area contributed by atoms with Gasteiger partial charge in [0.05, 0.1) is 5.56 Å². The Morgan fingerprint density at radius 3 is 2.33 bits per heavy atom. The van der Waals surface area contributed by atoms with Crippen molar-refractivity contribution < 1.29 is 9.53 Å². The molecule has 92 valence electrons. The molecule has 0 aromatic heterocycles. The summed E-state index contributed by atoms with van der Waals surface area (Å²) in [5.41, 5.74) is 1.28. The minimum Gasteiger partial charge on any atom is -0.457 e. The highest BCUT2D eigenvalue weighted by Gasteiger charge is 2.07. The summed E-state index contributed by atoms with van der Waals surface area (Å²) in [6.07, 6.45) is 0. The highest BCUT2D eigenvalue weighted by atomic mass is 35.5. The lowest BCUT2D eigenvalue weighted by atomic mass is 10.2. The van der Waals surface area contributed by atoms with Gasteiger partial charge >= 0.3 is 5.97 Å². The van der Waals surface area contributed by atoms with Crippen LogP contribution in [0.3, 0.4) is 0 Å². The number of halogens is 2. The van der Waals surface area contributed by atoms with Gasteiger partial charge < -0.3 is 4.74 Å². The highest BCUT2D eigenvalue weighted by molar-refractivity contribution is 6.31. The number of carbonyl (C=O) groups excluding carboxylic acids is 1. The largest absolute Gasteiger partial charge is 0.457 e. The molecule has 2 nitrogen and oxygen atoms in total. The first-order chi connectivity index (χ1) is 8.65. The van der Waals surface area contributed by atoms with Crippen LogP contribution in [0.2, 0.25) is 10.0 Å². The van der Waals surface area contributed by atoms with Crippen molar-refractivity contribution in [2.75, 3.05) is 0 Å². The van der Waals surface area contributed by atoms with Crippen LogP contribution in [-0.2, 0) is 11.3 Å². The maximum Gasteiger partial charge on any atom is 0.338 e. The fourth-order valence-corrected chi connectivity index (χ4v) is 1.88. The van der Waals surface area contributed by atoms with Gasteiger partial charge in [0.15, 0.2) is 0 Å². The fraction of sp³-hybridized carbons (Fsp3) is 0.0714. The summed E-state index contributed by atoms with van der Waals surface area (Å²) >= 11 is 11.6. The molecule has 18 heavy (non-hydrogen) atoms. The van der Waals surface area contributed by atoms with E-state index in [1.54, 1.807) is 36.4 Å². The van der Waals surface area contributed by atoms with E-state index >= 15 is 0 Å². The predicted molar refractivity (Wildman–Crippen MR) is 72.0 cm³/mol. The van der Waals surface area contributed by atoms with Gasteiger partial charge in [-0.15, -0.1) is 0 Å². The van der Waals surface area contributed by atoms with Crippen molar-refractivity contribution in [3.63, 3.8) is 0 Å². The number of esters is 1. The molecule has 0 radical (unpaired) electrons. The summed E-state index contributed by atoms with van der Waals surface area (Å²) in [6.45, 7) is 0.186. The minimum atomic E-state index is -0.405. The zero-order chi connectivity index (χ0) is 13.0. The molecule has 0 aliphatic rings. The van der Waals surface area contributed by atoms with Crippen LogP contribution in [0.1, 0.15) is 15.9 Å². The third kappa shape index (κ3) is 3.49. The second kappa shape index (κ2) is 5.89. The van der Waals surface area contributed by atoms with E-state index in [1.807, 2.05) is 12.1 Å². The Kier molecular flexibility index (Phi) is 4.24. The van der Waals surface area contributed by atoms with Crippen LogP contribution in [-0.4, -0.2) is 5.97 Å². The number of ether oxygens (including phenoxy) is 1. The van der Waals surface area contributed by atoms with Crippen LogP contribution in [0.25, 0.3) is 0 Å².